The number of nitriles is 1. The van der Waals surface area contributed by atoms with E-state index in [0.29, 0.717) is 18.7 Å². The Kier molecular flexibility index (Phi) is 6.24. The maximum Gasteiger partial charge on any atom is 0.244 e. The minimum atomic E-state index is -0.870. The van der Waals surface area contributed by atoms with Crippen LogP contribution in [-0.4, -0.2) is 36.3 Å². The molecule has 5 nitrogen and oxygen atoms in total. The Hall–Kier alpha value is -2.35. The van der Waals surface area contributed by atoms with Crippen molar-refractivity contribution in [2.45, 2.75) is 19.8 Å². The molecule has 0 spiro atoms. The standard InChI is InChI=1S/C15H19N3O2/c1-3-17-14(19)11-18(4-2)15(20)13(10-16)12-8-6-5-7-9-12/h5-9,13H,3-4,11H2,1-2H3,(H,17,19). The number of hydrogen-bond acceptors (Lipinski definition) is 3. The molecule has 0 aliphatic carbocycles. The summed E-state index contributed by atoms with van der Waals surface area (Å²) in [4.78, 5) is 25.3. The molecule has 1 aromatic carbocycles. The number of carbonyl (C=O) groups excluding carboxylic acids is 2. The highest BCUT2D eigenvalue weighted by atomic mass is 16.2. The van der Waals surface area contributed by atoms with Crippen LogP contribution in [0.5, 0.6) is 0 Å². The maximum absolute atomic E-state index is 12.4. The highest BCUT2D eigenvalue weighted by Crippen LogP contribution is 2.17. The third kappa shape index (κ3) is 4.09. The molecule has 1 N–H and O–H groups in total. The molecule has 106 valence electrons. The van der Waals surface area contributed by atoms with Crippen molar-refractivity contribution in [2.75, 3.05) is 19.6 Å². The van der Waals surface area contributed by atoms with Gasteiger partial charge in [0.15, 0.2) is 0 Å². The van der Waals surface area contributed by atoms with Crippen molar-refractivity contribution in [1.29, 1.82) is 5.26 Å². The Morgan fingerprint density at radius 3 is 2.45 bits per heavy atom. The van der Waals surface area contributed by atoms with Gasteiger partial charge >= 0.3 is 0 Å². The molecule has 0 aliphatic heterocycles. The first-order valence-electron chi connectivity index (χ1n) is 6.64. The quantitative estimate of drug-likeness (QED) is 0.848. The Labute approximate surface area is 119 Å². The zero-order chi connectivity index (χ0) is 15.0. The van der Waals surface area contributed by atoms with Crippen molar-refractivity contribution in [3.63, 3.8) is 0 Å². The number of nitrogens with zero attached hydrogens (tertiary/aromatic N) is 2. The SMILES string of the molecule is CCNC(=O)CN(CC)C(=O)C(C#N)c1ccccc1. The molecule has 0 heterocycles. The minimum Gasteiger partial charge on any atom is -0.355 e. The lowest BCUT2D eigenvalue weighted by Gasteiger charge is -2.22. The highest BCUT2D eigenvalue weighted by Gasteiger charge is 2.26. The molecule has 0 saturated carbocycles. The summed E-state index contributed by atoms with van der Waals surface area (Å²) in [7, 11) is 0. The van der Waals surface area contributed by atoms with Crippen molar-refractivity contribution >= 4 is 11.8 Å². The van der Waals surface area contributed by atoms with Crippen molar-refractivity contribution in [3.05, 3.63) is 35.9 Å². The van der Waals surface area contributed by atoms with Gasteiger partial charge in [0.2, 0.25) is 11.8 Å². The van der Waals surface area contributed by atoms with E-state index in [1.807, 2.05) is 19.1 Å². The van der Waals surface area contributed by atoms with Gasteiger partial charge in [0.1, 0.15) is 5.92 Å². The molecule has 0 radical (unpaired) electrons. The molecule has 1 rings (SSSR count). The molecule has 0 saturated heterocycles. The topological polar surface area (TPSA) is 73.2 Å². The van der Waals surface area contributed by atoms with E-state index in [0.717, 1.165) is 0 Å². The molecular formula is C15H19N3O2. The number of likely N-dealkylation sites (N-methyl/N-ethyl adjacent to an activating group) is 2. The zero-order valence-electron chi connectivity index (χ0n) is 11.8. The summed E-state index contributed by atoms with van der Waals surface area (Å²) in [5.74, 6) is -1.43. The van der Waals surface area contributed by atoms with Crippen LogP contribution >= 0.6 is 0 Å². The number of carbonyl (C=O) groups is 2. The molecule has 0 aliphatic rings. The molecule has 1 atom stereocenters. The number of nitrogens with one attached hydrogen (secondary N) is 1. The van der Waals surface area contributed by atoms with Crippen molar-refractivity contribution in [1.82, 2.24) is 10.2 Å². The summed E-state index contributed by atoms with van der Waals surface area (Å²) in [6.45, 7) is 4.49. The fraction of sp³-hybridized carbons (Fsp3) is 0.400. The third-order valence-electron chi connectivity index (χ3n) is 2.91. The predicted octanol–water partition coefficient (Wildman–Crippen LogP) is 1.28. The van der Waals surface area contributed by atoms with Gasteiger partial charge in [-0.05, 0) is 19.4 Å². The number of hydrogen-bond donors (Lipinski definition) is 1. The molecule has 1 aromatic rings. The smallest absolute Gasteiger partial charge is 0.244 e. The first-order valence-corrected chi connectivity index (χ1v) is 6.64. The number of benzene rings is 1. The van der Waals surface area contributed by atoms with E-state index in [9.17, 15) is 14.9 Å². The summed E-state index contributed by atoms with van der Waals surface area (Å²) in [6, 6.07) is 10.9. The van der Waals surface area contributed by atoms with Gasteiger partial charge in [0.25, 0.3) is 0 Å². The monoisotopic (exact) mass is 273 g/mol. The van der Waals surface area contributed by atoms with E-state index in [4.69, 9.17) is 0 Å². The Morgan fingerprint density at radius 2 is 1.95 bits per heavy atom. The van der Waals surface area contributed by atoms with Crippen LogP contribution in [0, 0.1) is 11.3 Å². The summed E-state index contributed by atoms with van der Waals surface area (Å²) >= 11 is 0. The highest BCUT2D eigenvalue weighted by molar-refractivity contribution is 5.90. The molecule has 5 heteroatoms. The van der Waals surface area contributed by atoms with Crippen molar-refractivity contribution in [3.8, 4) is 6.07 Å². The Balaban J connectivity index is 2.84. The van der Waals surface area contributed by atoms with E-state index < -0.39 is 5.92 Å². The van der Waals surface area contributed by atoms with Gasteiger partial charge < -0.3 is 10.2 Å². The maximum atomic E-state index is 12.4. The second-order valence-corrected chi connectivity index (χ2v) is 4.28. The van der Waals surface area contributed by atoms with Crippen LogP contribution in [0.15, 0.2) is 30.3 Å². The average Bonchev–Trinajstić information content (AvgIpc) is 2.47. The van der Waals surface area contributed by atoms with Gasteiger partial charge in [-0.25, -0.2) is 0 Å². The normalized spacial score (nSPS) is 11.2. The fourth-order valence-electron chi connectivity index (χ4n) is 1.87. The molecule has 20 heavy (non-hydrogen) atoms. The first kappa shape index (κ1) is 15.7. The van der Waals surface area contributed by atoms with Crippen LogP contribution in [0.4, 0.5) is 0 Å². The van der Waals surface area contributed by atoms with Gasteiger partial charge in [-0.3, -0.25) is 9.59 Å². The van der Waals surface area contributed by atoms with Gasteiger partial charge in [-0.15, -0.1) is 0 Å². The molecule has 1 unspecified atom stereocenters. The average molecular weight is 273 g/mol. The lowest BCUT2D eigenvalue weighted by atomic mass is 9.99. The molecular weight excluding hydrogens is 254 g/mol. The van der Waals surface area contributed by atoms with Gasteiger partial charge in [-0.2, -0.15) is 5.26 Å². The lowest BCUT2D eigenvalue weighted by molar-refractivity contribution is -0.136. The van der Waals surface area contributed by atoms with Crippen LogP contribution < -0.4 is 5.32 Å². The second-order valence-electron chi connectivity index (χ2n) is 4.28. The third-order valence-corrected chi connectivity index (χ3v) is 2.91. The first-order chi connectivity index (χ1) is 9.63. The van der Waals surface area contributed by atoms with E-state index in [-0.39, 0.29) is 18.4 Å². The van der Waals surface area contributed by atoms with Crippen LogP contribution in [-0.2, 0) is 9.59 Å². The molecule has 2 amide bonds. The molecule has 0 fully saturated rings. The summed E-state index contributed by atoms with van der Waals surface area (Å²) in [6.07, 6.45) is 0. The fourth-order valence-corrected chi connectivity index (χ4v) is 1.87. The van der Waals surface area contributed by atoms with E-state index >= 15 is 0 Å². The van der Waals surface area contributed by atoms with Gasteiger partial charge in [0.05, 0.1) is 12.6 Å². The minimum absolute atomic E-state index is 0.0197. The van der Waals surface area contributed by atoms with Gasteiger partial charge in [-0.1, -0.05) is 30.3 Å². The van der Waals surface area contributed by atoms with Crippen molar-refractivity contribution < 1.29 is 9.59 Å². The Bertz CT molecular complexity index is 494. The van der Waals surface area contributed by atoms with Gasteiger partial charge in [0, 0.05) is 13.1 Å². The van der Waals surface area contributed by atoms with E-state index in [2.05, 4.69) is 5.32 Å². The lowest BCUT2D eigenvalue weighted by Crippen LogP contribution is -2.42. The Morgan fingerprint density at radius 1 is 1.30 bits per heavy atom. The van der Waals surface area contributed by atoms with Crippen LogP contribution in [0.1, 0.15) is 25.3 Å². The number of rotatable bonds is 6. The van der Waals surface area contributed by atoms with Crippen LogP contribution in [0.25, 0.3) is 0 Å². The van der Waals surface area contributed by atoms with E-state index in [1.165, 1.54) is 4.90 Å². The summed E-state index contributed by atoms with van der Waals surface area (Å²) in [5, 5.41) is 11.9. The number of amides is 2. The van der Waals surface area contributed by atoms with Crippen LogP contribution in [0.2, 0.25) is 0 Å². The summed E-state index contributed by atoms with van der Waals surface area (Å²) in [5.41, 5.74) is 0.648. The zero-order valence-corrected chi connectivity index (χ0v) is 11.8. The predicted molar refractivity (Wildman–Crippen MR) is 75.7 cm³/mol. The largest absolute Gasteiger partial charge is 0.355 e. The summed E-state index contributed by atoms with van der Waals surface area (Å²) < 4.78 is 0. The molecule has 0 aromatic heterocycles. The second kappa shape index (κ2) is 7.95. The van der Waals surface area contributed by atoms with Crippen molar-refractivity contribution in [2.24, 2.45) is 0 Å². The molecule has 0 bridgehead atoms. The van der Waals surface area contributed by atoms with Crippen LogP contribution in [0.3, 0.4) is 0 Å². The van der Waals surface area contributed by atoms with E-state index in [1.54, 1.807) is 31.2 Å².